The van der Waals surface area contributed by atoms with Gasteiger partial charge in [0.25, 0.3) is 0 Å². The fourth-order valence-corrected chi connectivity index (χ4v) is 4.08. The number of amides is 4. The molecule has 0 aromatic heterocycles. The first kappa shape index (κ1) is 37.6. The number of nitrogens with one attached hydrogen (secondary N) is 4. The molecule has 0 aliphatic heterocycles. The van der Waals surface area contributed by atoms with Crippen LogP contribution < -0.4 is 21.3 Å². The summed E-state index contributed by atoms with van der Waals surface area (Å²) in [6.45, 7) is 21.4. The minimum Gasteiger partial charge on any atom is -0.444 e. The average Bonchev–Trinajstić information content (AvgIpc) is 2.82. The molecule has 0 spiro atoms. The van der Waals surface area contributed by atoms with Gasteiger partial charge in [-0.05, 0) is 57.3 Å². The van der Waals surface area contributed by atoms with Crippen LogP contribution >= 0.6 is 0 Å². The third-order valence-corrected chi connectivity index (χ3v) is 6.92. The maximum Gasteiger partial charge on any atom is 0.408 e. The zero-order valence-electron chi connectivity index (χ0n) is 26.8. The van der Waals surface area contributed by atoms with Crippen LogP contribution in [0, 0.1) is 23.7 Å². The van der Waals surface area contributed by atoms with E-state index in [2.05, 4.69) is 35.1 Å². The van der Waals surface area contributed by atoms with Crippen molar-refractivity contribution in [2.24, 2.45) is 23.7 Å². The molecule has 5 N–H and O–H groups in total. The zero-order chi connectivity index (χ0) is 31.2. The molecule has 0 saturated carbocycles. The molecule has 0 rings (SSSR count). The van der Waals surface area contributed by atoms with Gasteiger partial charge >= 0.3 is 6.09 Å². The predicted molar refractivity (Wildman–Crippen MR) is 158 cm³/mol. The van der Waals surface area contributed by atoms with Gasteiger partial charge in [-0.3, -0.25) is 14.4 Å². The van der Waals surface area contributed by atoms with Crippen molar-refractivity contribution in [1.29, 1.82) is 0 Å². The van der Waals surface area contributed by atoms with Gasteiger partial charge in [0, 0.05) is 6.54 Å². The number of carbonyl (C=O) groups excluding carboxylic acids is 4. The van der Waals surface area contributed by atoms with Crippen LogP contribution in [0.2, 0.25) is 0 Å². The second-order valence-electron chi connectivity index (χ2n) is 12.9. The Kier molecular flexibility index (Phi) is 17.1. The van der Waals surface area contributed by atoms with E-state index in [1.165, 1.54) is 0 Å². The summed E-state index contributed by atoms with van der Waals surface area (Å²) in [4.78, 5) is 51.8. The molecule has 0 aromatic carbocycles. The molecule has 0 saturated heterocycles. The summed E-state index contributed by atoms with van der Waals surface area (Å²) in [6, 6.07) is -2.46. The Bertz CT molecular complexity index is 796. The highest BCUT2D eigenvalue weighted by Crippen LogP contribution is 2.16. The molecule has 234 valence electrons. The largest absolute Gasteiger partial charge is 0.444 e. The third kappa shape index (κ3) is 15.4. The predicted octanol–water partition coefficient (Wildman–Crippen LogP) is 3.90. The highest BCUT2D eigenvalue weighted by molar-refractivity contribution is 5.91. The topological polar surface area (TPSA) is 146 Å². The Morgan fingerprint density at radius 3 is 1.73 bits per heavy atom. The summed E-state index contributed by atoms with van der Waals surface area (Å²) in [5.41, 5.74) is -0.725. The normalized spacial score (nSPS) is 16.4. The van der Waals surface area contributed by atoms with Crippen molar-refractivity contribution in [2.75, 3.05) is 6.54 Å². The summed E-state index contributed by atoms with van der Waals surface area (Å²) in [5, 5.41) is 22.2. The van der Waals surface area contributed by atoms with Crippen LogP contribution in [-0.2, 0) is 19.1 Å². The molecule has 0 radical (unpaired) electrons. The van der Waals surface area contributed by atoms with E-state index in [9.17, 15) is 24.3 Å². The molecular formula is C30H58N4O6. The van der Waals surface area contributed by atoms with E-state index in [1.807, 2.05) is 41.5 Å². The molecule has 10 nitrogen and oxygen atoms in total. The number of hydrogen-bond acceptors (Lipinski definition) is 6. The number of alkyl carbamates (subject to hydrolysis) is 1. The smallest absolute Gasteiger partial charge is 0.408 e. The van der Waals surface area contributed by atoms with Gasteiger partial charge in [0.2, 0.25) is 17.7 Å². The van der Waals surface area contributed by atoms with Gasteiger partial charge in [0.15, 0.2) is 0 Å². The van der Waals surface area contributed by atoms with Gasteiger partial charge in [0.1, 0.15) is 17.7 Å². The highest BCUT2D eigenvalue weighted by Gasteiger charge is 2.35. The van der Waals surface area contributed by atoms with Crippen LogP contribution in [0.4, 0.5) is 4.79 Å². The van der Waals surface area contributed by atoms with E-state index in [0.717, 1.165) is 6.42 Å². The number of aliphatic hydroxyl groups is 1. The van der Waals surface area contributed by atoms with E-state index < -0.39 is 47.7 Å². The van der Waals surface area contributed by atoms with Crippen molar-refractivity contribution < 1.29 is 29.0 Å². The standard InChI is InChI=1S/C30H58N4O6/c1-12-20(7)25(33-28(38)26(21(8)13-2)34-29(39)40-30(9,10)11)27(37)32-22(16-19(5)6)23(35)17-24(36)31-15-14-18(3)4/h18-23,25-26,35H,12-17H2,1-11H3,(H,31,36)(H,32,37)(H,33,38)(H,34,39)/t20?,21?,22-,23?,25-,26-/m0/s1. The molecule has 0 bridgehead atoms. The number of ether oxygens (including phenoxy) is 1. The lowest BCUT2D eigenvalue weighted by molar-refractivity contribution is -0.133. The number of hydrogen-bond donors (Lipinski definition) is 5. The molecular weight excluding hydrogens is 512 g/mol. The van der Waals surface area contributed by atoms with Gasteiger partial charge in [0.05, 0.1) is 18.6 Å². The van der Waals surface area contributed by atoms with E-state index in [1.54, 1.807) is 20.8 Å². The lowest BCUT2D eigenvalue weighted by Crippen LogP contribution is -2.59. The van der Waals surface area contributed by atoms with Crippen LogP contribution in [0.3, 0.4) is 0 Å². The first-order chi connectivity index (χ1) is 18.4. The number of carbonyl (C=O) groups is 4. The molecule has 6 atom stereocenters. The third-order valence-electron chi connectivity index (χ3n) is 6.92. The van der Waals surface area contributed by atoms with E-state index >= 15 is 0 Å². The van der Waals surface area contributed by atoms with Crippen molar-refractivity contribution in [1.82, 2.24) is 21.3 Å². The maximum absolute atomic E-state index is 13.5. The molecule has 10 heteroatoms. The van der Waals surface area contributed by atoms with Crippen molar-refractivity contribution in [3.05, 3.63) is 0 Å². The Balaban J connectivity index is 5.69. The van der Waals surface area contributed by atoms with Gasteiger partial charge in [-0.1, -0.05) is 68.2 Å². The molecule has 3 unspecified atom stereocenters. The zero-order valence-corrected chi connectivity index (χ0v) is 26.8. The number of rotatable bonds is 17. The second-order valence-corrected chi connectivity index (χ2v) is 12.9. The quantitative estimate of drug-likeness (QED) is 0.179. The Hall–Kier alpha value is -2.36. The summed E-state index contributed by atoms with van der Waals surface area (Å²) in [6.07, 6.45) is 0.613. The minimum absolute atomic E-state index is 0.133. The Morgan fingerprint density at radius 2 is 1.27 bits per heavy atom. The summed E-state index contributed by atoms with van der Waals surface area (Å²) < 4.78 is 5.35. The minimum atomic E-state index is -1.08. The maximum atomic E-state index is 13.5. The average molecular weight is 571 g/mol. The van der Waals surface area contributed by atoms with Crippen molar-refractivity contribution in [3.63, 3.8) is 0 Å². The molecule has 40 heavy (non-hydrogen) atoms. The second kappa shape index (κ2) is 18.1. The van der Waals surface area contributed by atoms with E-state index in [4.69, 9.17) is 4.74 Å². The fourth-order valence-electron chi connectivity index (χ4n) is 4.08. The van der Waals surface area contributed by atoms with Crippen molar-refractivity contribution in [2.45, 2.75) is 138 Å². The van der Waals surface area contributed by atoms with Crippen LogP contribution in [0.25, 0.3) is 0 Å². The van der Waals surface area contributed by atoms with Crippen molar-refractivity contribution in [3.8, 4) is 0 Å². The summed E-state index contributed by atoms with van der Waals surface area (Å²) in [5.74, 6) is -1.03. The lowest BCUT2D eigenvalue weighted by atomic mass is 9.93. The molecule has 0 fully saturated rings. The first-order valence-corrected chi connectivity index (χ1v) is 15.0. The van der Waals surface area contributed by atoms with Gasteiger partial charge in [-0.15, -0.1) is 0 Å². The summed E-state index contributed by atoms with van der Waals surface area (Å²) in [7, 11) is 0. The molecule has 0 heterocycles. The van der Waals surface area contributed by atoms with Gasteiger partial charge in [-0.2, -0.15) is 0 Å². The fraction of sp³-hybridized carbons (Fsp3) is 0.867. The summed E-state index contributed by atoms with van der Waals surface area (Å²) >= 11 is 0. The van der Waals surface area contributed by atoms with Gasteiger partial charge < -0.3 is 31.1 Å². The van der Waals surface area contributed by atoms with E-state index in [-0.39, 0.29) is 30.1 Å². The highest BCUT2D eigenvalue weighted by atomic mass is 16.6. The van der Waals surface area contributed by atoms with Crippen LogP contribution in [0.15, 0.2) is 0 Å². The first-order valence-electron chi connectivity index (χ1n) is 15.0. The Morgan fingerprint density at radius 1 is 0.775 bits per heavy atom. The van der Waals surface area contributed by atoms with E-state index in [0.29, 0.717) is 31.7 Å². The van der Waals surface area contributed by atoms with Crippen molar-refractivity contribution >= 4 is 23.8 Å². The van der Waals surface area contributed by atoms with Gasteiger partial charge in [-0.25, -0.2) is 4.79 Å². The van der Waals surface area contributed by atoms with Crippen LogP contribution in [-0.4, -0.2) is 65.3 Å². The van der Waals surface area contributed by atoms with Crippen LogP contribution in [0.1, 0.15) is 108 Å². The molecule has 4 amide bonds. The van der Waals surface area contributed by atoms with Crippen LogP contribution in [0.5, 0.6) is 0 Å². The molecule has 0 aliphatic rings. The molecule has 0 aromatic rings. The SMILES string of the molecule is CCC(C)[C@H](NC(=O)OC(C)(C)C)C(=O)N[C@H](C(=O)N[C@@H](CC(C)C)C(O)CC(=O)NCCC(C)C)C(C)CC. The lowest BCUT2D eigenvalue weighted by Gasteiger charge is -2.32. The monoisotopic (exact) mass is 570 g/mol. The Labute approximate surface area is 242 Å². The number of aliphatic hydroxyl groups excluding tert-OH is 1. The molecule has 0 aliphatic carbocycles.